The van der Waals surface area contributed by atoms with Crippen molar-refractivity contribution in [1.29, 1.82) is 0 Å². The Bertz CT molecular complexity index is 1070. The first-order chi connectivity index (χ1) is 17.1. The number of likely N-dealkylation sites (N-methyl/N-ethyl adjacent to an activating group) is 1. The summed E-state index contributed by atoms with van der Waals surface area (Å²) in [5.41, 5.74) is 2.83. The Morgan fingerprint density at radius 3 is 2.80 bits per heavy atom. The van der Waals surface area contributed by atoms with Crippen molar-refractivity contribution >= 4 is 11.8 Å². The maximum absolute atomic E-state index is 13.9. The number of H-pyrrole nitrogens is 1. The van der Waals surface area contributed by atoms with Crippen LogP contribution in [0.2, 0.25) is 0 Å². The highest BCUT2D eigenvalue weighted by atomic mass is 16.5. The second-order valence-corrected chi connectivity index (χ2v) is 9.85. The first-order valence-electron chi connectivity index (χ1n) is 13.1. The Morgan fingerprint density at radius 1 is 1.09 bits per heavy atom. The van der Waals surface area contributed by atoms with Crippen LogP contribution in [0.25, 0.3) is 0 Å². The molecule has 1 atom stereocenters. The average molecular weight is 481 g/mol. The third kappa shape index (κ3) is 4.81. The molecule has 1 unspecified atom stereocenters. The fourth-order valence-corrected chi connectivity index (χ4v) is 5.69. The molecule has 3 heterocycles. The molecule has 1 aromatic carbocycles. The predicted octanol–water partition coefficient (Wildman–Crippen LogP) is 3.15. The zero-order chi connectivity index (χ0) is 24.3. The van der Waals surface area contributed by atoms with E-state index in [1.807, 2.05) is 30.0 Å². The minimum Gasteiger partial charge on any atom is -0.491 e. The SMILES string of the molecule is CCN1CCOc2ccccc2CCCCC2(CN(C(=O)c3n[nH]c4c3CCCC4)CCO2)C1=O. The molecular formula is C27H36N4O4. The van der Waals surface area contributed by atoms with Gasteiger partial charge in [0.1, 0.15) is 12.4 Å². The van der Waals surface area contributed by atoms with E-state index in [9.17, 15) is 9.59 Å². The van der Waals surface area contributed by atoms with Crippen molar-refractivity contribution in [1.82, 2.24) is 20.0 Å². The number of nitrogens with one attached hydrogen (secondary N) is 1. The number of nitrogens with zero attached hydrogens (tertiary/aromatic N) is 3. The normalized spacial score (nSPS) is 23.6. The Labute approximate surface area is 207 Å². The number of para-hydroxylation sites is 1. The molecule has 2 aliphatic heterocycles. The van der Waals surface area contributed by atoms with Gasteiger partial charge >= 0.3 is 0 Å². The Morgan fingerprint density at radius 2 is 1.91 bits per heavy atom. The van der Waals surface area contributed by atoms with Gasteiger partial charge in [-0.25, -0.2) is 0 Å². The number of benzene rings is 1. The van der Waals surface area contributed by atoms with Gasteiger partial charge in [0.15, 0.2) is 11.3 Å². The molecule has 2 amide bonds. The number of ether oxygens (including phenoxy) is 2. The van der Waals surface area contributed by atoms with E-state index < -0.39 is 5.60 Å². The largest absolute Gasteiger partial charge is 0.491 e. The summed E-state index contributed by atoms with van der Waals surface area (Å²) < 4.78 is 12.3. The molecule has 35 heavy (non-hydrogen) atoms. The molecule has 1 aliphatic carbocycles. The van der Waals surface area contributed by atoms with Gasteiger partial charge in [0, 0.05) is 24.3 Å². The molecule has 5 rings (SSSR count). The van der Waals surface area contributed by atoms with E-state index in [1.54, 1.807) is 4.90 Å². The van der Waals surface area contributed by atoms with Gasteiger partial charge in [0.2, 0.25) is 0 Å². The van der Waals surface area contributed by atoms with Crippen LogP contribution in [0.4, 0.5) is 0 Å². The van der Waals surface area contributed by atoms with Crippen molar-refractivity contribution < 1.29 is 19.1 Å². The third-order valence-corrected chi connectivity index (χ3v) is 7.66. The molecular weight excluding hydrogens is 444 g/mol. The molecule has 0 saturated carbocycles. The van der Waals surface area contributed by atoms with Gasteiger partial charge in [-0.3, -0.25) is 14.7 Å². The number of aromatic nitrogens is 2. The van der Waals surface area contributed by atoms with Crippen LogP contribution in [0.15, 0.2) is 24.3 Å². The summed E-state index contributed by atoms with van der Waals surface area (Å²) in [5, 5.41) is 7.47. The molecule has 1 saturated heterocycles. The molecule has 1 fully saturated rings. The van der Waals surface area contributed by atoms with Crippen LogP contribution in [-0.4, -0.2) is 76.8 Å². The fraction of sp³-hybridized carbons (Fsp3) is 0.593. The molecule has 8 nitrogen and oxygen atoms in total. The molecule has 8 heteroatoms. The number of aromatic amines is 1. The fourth-order valence-electron chi connectivity index (χ4n) is 5.69. The number of hydrogen-bond donors (Lipinski definition) is 1. The number of fused-ring (bicyclic) bond motifs is 2. The summed E-state index contributed by atoms with van der Waals surface area (Å²) in [7, 11) is 0. The standard InChI is InChI=1S/C27H36N4O4/c1-2-30-15-17-34-23-13-6-3-9-20(23)10-7-8-14-27(26(30)33)19-31(16-18-35-27)25(32)24-21-11-4-5-12-22(21)28-29-24/h3,6,9,13H,2,4-5,7-8,10-12,14-19H2,1H3,(H,28,29). The molecule has 1 N–H and O–H groups in total. The van der Waals surface area contributed by atoms with Gasteiger partial charge in [-0.15, -0.1) is 0 Å². The van der Waals surface area contributed by atoms with Gasteiger partial charge < -0.3 is 19.3 Å². The minimum atomic E-state index is -1.03. The molecule has 0 bridgehead atoms. The number of aryl methyl sites for hydroxylation is 2. The van der Waals surface area contributed by atoms with E-state index in [4.69, 9.17) is 9.47 Å². The quantitative estimate of drug-likeness (QED) is 0.714. The van der Waals surface area contributed by atoms with E-state index >= 15 is 0 Å². The maximum atomic E-state index is 13.9. The summed E-state index contributed by atoms with van der Waals surface area (Å²) in [6.07, 6.45) is 7.26. The lowest BCUT2D eigenvalue weighted by Crippen LogP contribution is -2.62. The van der Waals surface area contributed by atoms with Crippen LogP contribution in [0.3, 0.4) is 0 Å². The van der Waals surface area contributed by atoms with E-state index in [1.165, 1.54) is 5.56 Å². The highest BCUT2D eigenvalue weighted by Crippen LogP contribution is 2.31. The van der Waals surface area contributed by atoms with Crippen molar-refractivity contribution in [2.75, 3.05) is 39.4 Å². The van der Waals surface area contributed by atoms with Crippen LogP contribution in [0.5, 0.6) is 5.75 Å². The molecule has 3 aliphatic rings. The van der Waals surface area contributed by atoms with E-state index in [0.29, 0.717) is 45.0 Å². The van der Waals surface area contributed by atoms with E-state index in [2.05, 4.69) is 16.3 Å². The molecule has 0 radical (unpaired) electrons. The van der Waals surface area contributed by atoms with Crippen molar-refractivity contribution in [2.24, 2.45) is 0 Å². The number of hydrogen-bond acceptors (Lipinski definition) is 5. The lowest BCUT2D eigenvalue weighted by atomic mass is 9.90. The second kappa shape index (κ2) is 10.4. The number of carbonyl (C=O) groups is 2. The van der Waals surface area contributed by atoms with E-state index in [-0.39, 0.29) is 18.4 Å². The number of morpholine rings is 1. The number of rotatable bonds is 2. The maximum Gasteiger partial charge on any atom is 0.274 e. The smallest absolute Gasteiger partial charge is 0.274 e. The van der Waals surface area contributed by atoms with Crippen LogP contribution in [0.1, 0.15) is 66.3 Å². The summed E-state index contributed by atoms with van der Waals surface area (Å²) in [5.74, 6) is 0.768. The molecule has 1 spiro atoms. The number of amides is 2. The number of carbonyl (C=O) groups excluding carboxylic acids is 2. The van der Waals surface area contributed by atoms with E-state index in [0.717, 1.165) is 62.0 Å². The van der Waals surface area contributed by atoms with Crippen LogP contribution < -0.4 is 4.74 Å². The Kier molecular flexibility index (Phi) is 7.09. The van der Waals surface area contributed by atoms with Crippen LogP contribution >= 0.6 is 0 Å². The van der Waals surface area contributed by atoms with Crippen LogP contribution in [-0.2, 0) is 28.8 Å². The summed E-state index contributed by atoms with van der Waals surface area (Å²) >= 11 is 0. The minimum absolute atomic E-state index is 0.0426. The second-order valence-electron chi connectivity index (χ2n) is 9.85. The van der Waals surface area contributed by atoms with Crippen LogP contribution in [0, 0.1) is 0 Å². The lowest BCUT2D eigenvalue weighted by Gasteiger charge is -2.44. The monoisotopic (exact) mass is 480 g/mol. The zero-order valence-electron chi connectivity index (χ0n) is 20.7. The average Bonchev–Trinajstić information content (AvgIpc) is 3.33. The molecule has 1 aromatic heterocycles. The van der Waals surface area contributed by atoms with Crippen molar-refractivity contribution in [3.63, 3.8) is 0 Å². The Balaban J connectivity index is 1.38. The highest BCUT2D eigenvalue weighted by Gasteiger charge is 2.47. The summed E-state index contributed by atoms with van der Waals surface area (Å²) in [6.45, 7) is 4.53. The first-order valence-corrected chi connectivity index (χ1v) is 13.1. The van der Waals surface area contributed by atoms with Crippen molar-refractivity contribution in [2.45, 2.75) is 63.9 Å². The third-order valence-electron chi connectivity index (χ3n) is 7.66. The summed E-state index contributed by atoms with van der Waals surface area (Å²) in [4.78, 5) is 31.1. The molecule has 2 aromatic rings. The zero-order valence-corrected chi connectivity index (χ0v) is 20.7. The van der Waals surface area contributed by atoms with Gasteiger partial charge in [0.25, 0.3) is 11.8 Å². The van der Waals surface area contributed by atoms with Gasteiger partial charge in [-0.05, 0) is 69.9 Å². The lowest BCUT2D eigenvalue weighted by molar-refractivity contribution is -0.170. The predicted molar refractivity (Wildman–Crippen MR) is 132 cm³/mol. The topological polar surface area (TPSA) is 87.8 Å². The highest BCUT2D eigenvalue weighted by molar-refractivity contribution is 5.95. The van der Waals surface area contributed by atoms with Gasteiger partial charge in [-0.2, -0.15) is 5.10 Å². The van der Waals surface area contributed by atoms with Crippen molar-refractivity contribution in [3.8, 4) is 5.75 Å². The van der Waals surface area contributed by atoms with Gasteiger partial charge in [-0.1, -0.05) is 18.2 Å². The van der Waals surface area contributed by atoms with Crippen molar-refractivity contribution in [3.05, 3.63) is 46.8 Å². The molecule has 188 valence electrons. The summed E-state index contributed by atoms with van der Waals surface area (Å²) in [6, 6.07) is 8.14. The Hall–Kier alpha value is -2.87. The van der Waals surface area contributed by atoms with Gasteiger partial charge in [0.05, 0.1) is 19.7 Å². The first kappa shape index (κ1) is 23.9.